The average Bonchev–Trinajstić information content (AvgIpc) is 3.21. The Labute approximate surface area is 138 Å². The van der Waals surface area contributed by atoms with Gasteiger partial charge in [-0.2, -0.15) is 0 Å². The van der Waals surface area contributed by atoms with E-state index in [1.165, 1.54) is 17.3 Å². The molecular weight excluding hydrogens is 312 g/mol. The van der Waals surface area contributed by atoms with E-state index in [1.54, 1.807) is 11.0 Å². The van der Waals surface area contributed by atoms with Crippen LogP contribution in [0.4, 0.5) is 5.69 Å². The van der Waals surface area contributed by atoms with Gasteiger partial charge >= 0.3 is 0 Å². The second-order valence-electron chi connectivity index (χ2n) is 5.44. The molecule has 2 aliphatic heterocycles. The fraction of sp³-hybridized carbons (Fsp3) is 0.294. The molecule has 0 aliphatic carbocycles. The first kappa shape index (κ1) is 14.5. The molecule has 2 aliphatic rings. The summed E-state index contributed by atoms with van der Waals surface area (Å²) >= 11 is 1.48. The Morgan fingerprint density at radius 2 is 1.96 bits per heavy atom. The zero-order chi connectivity index (χ0) is 15.6. The van der Waals surface area contributed by atoms with Crippen molar-refractivity contribution >= 4 is 28.4 Å². The topological polar surface area (TPSA) is 55.0 Å². The van der Waals surface area contributed by atoms with Gasteiger partial charge in [0.1, 0.15) is 0 Å². The molecule has 6 heteroatoms. The quantitative estimate of drug-likeness (QED) is 0.850. The molecule has 118 valence electrons. The van der Waals surface area contributed by atoms with E-state index < -0.39 is 0 Å². The molecule has 0 N–H and O–H groups in total. The maximum Gasteiger partial charge on any atom is 0.289 e. The number of para-hydroxylation sites is 1. The van der Waals surface area contributed by atoms with E-state index in [0.717, 1.165) is 17.2 Å². The summed E-state index contributed by atoms with van der Waals surface area (Å²) in [6.07, 6.45) is 0.814. The average molecular weight is 328 g/mol. The molecule has 23 heavy (non-hydrogen) atoms. The second kappa shape index (κ2) is 6.22. The van der Waals surface area contributed by atoms with Crippen LogP contribution < -0.4 is 0 Å². The lowest BCUT2D eigenvalue weighted by Gasteiger charge is -2.25. The van der Waals surface area contributed by atoms with Gasteiger partial charge in [0.2, 0.25) is 0 Å². The minimum Gasteiger partial charge on any atom is -0.444 e. The van der Waals surface area contributed by atoms with Gasteiger partial charge in [0.05, 0.1) is 23.9 Å². The van der Waals surface area contributed by atoms with Crippen molar-refractivity contribution in [3.63, 3.8) is 0 Å². The highest BCUT2D eigenvalue weighted by atomic mass is 32.2. The number of benzene rings is 1. The summed E-state index contributed by atoms with van der Waals surface area (Å²) in [5.74, 6) is 0.308. The lowest BCUT2D eigenvalue weighted by atomic mass is 10.2. The number of thioether (sulfide) groups is 1. The van der Waals surface area contributed by atoms with Crippen LogP contribution in [0.2, 0.25) is 0 Å². The number of rotatable bonds is 2. The maximum absolute atomic E-state index is 12.4. The second-order valence-corrected chi connectivity index (χ2v) is 6.51. The molecule has 2 aromatic rings. The van der Waals surface area contributed by atoms with Gasteiger partial charge in [-0.25, -0.2) is 4.99 Å². The number of amides is 1. The van der Waals surface area contributed by atoms with Gasteiger partial charge in [-0.05, 0) is 35.5 Å². The lowest BCUT2D eigenvalue weighted by molar-refractivity contribution is 0.0279. The van der Waals surface area contributed by atoms with Crippen LogP contribution >= 0.6 is 11.8 Å². The molecule has 1 amide bonds. The highest BCUT2D eigenvalue weighted by molar-refractivity contribution is 8.13. The van der Waals surface area contributed by atoms with Crippen molar-refractivity contribution in [1.82, 2.24) is 4.90 Å². The first-order valence-corrected chi connectivity index (χ1v) is 8.41. The summed E-state index contributed by atoms with van der Waals surface area (Å²) in [5, 5.41) is 1.69. The number of furan rings is 1. The van der Waals surface area contributed by atoms with Gasteiger partial charge in [-0.1, -0.05) is 18.2 Å². The van der Waals surface area contributed by atoms with Gasteiger partial charge in [0.25, 0.3) is 5.91 Å². The van der Waals surface area contributed by atoms with Gasteiger partial charge in [0, 0.05) is 19.5 Å². The van der Waals surface area contributed by atoms with Crippen LogP contribution in [0, 0.1) is 0 Å². The Balaban J connectivity index is 1.44. The normalized spacial score (nSPS) is 17.0. The molecule has 0 unspecified atom stereocenters. The van der Waals surface area contributed by atoms with Crippen molar-refractivity contribution < 1.29 is 13.9 Å². The molecule has 5 nitrogen and oxygen atoms in total. The zero-order valence-corrected chi connectivity index (χ0v) is 13.3. The van der Waals surface area contributed by atoms with Crippen molar-refractivity contribution in [2.45, 2.75) is 11.5 Å². The van der Waals surface area contributed by atoms with Crippen molar-refractivity contribution in [1.29, 1.82) is 0 Å². The third kappa shape index (κ3) is 3.04. The number of nitrogens with zero attached hydrogens (tertiary/aromatic N) is 2. The van der Waals surface area contributed by atoms with E-state index in [-0.39, 0.29) is 5.91 Å². The van der Waals surface area contributed by atoms with Crippen LogP contribution in [0.15, 0.2) is 50.9 Å². The predicted molar refractivity (Wildman–Crippen MR) is 88.5 cm³/mol. The maximum atomic E-state index is 12.4. The van der Waals surface area contributed by atoms with E-state index in [4.69, 9.17) is 9.15 Å². The Morgan fingerprint density at radius 1 is 1.13 bits per heavy atom. The molecule has 1 saturated heterocycles. The summed E-state index contributed by atoms with van der Waals surface area (Å²) in [7, 11) is 0. The third-order valence-corrected chi connectivity index (χ3v) is 4.78. The van der Waals surface area contributed by atoms with Crippen LogP contribution in [-0.2, 0) is 11.2 Å². The summed E-state index contributed by atoms with van der Waals surface area (Å²) < 4.78 is 11.0. The molecule has 1 aromatic carbocycles. The number of hydrogen-bond acceptors (Lipinski definition) is 5. The summed E-state index contributed by atoms with van der Waals surface area (Å²) in [6.45, 7) is 2.40. The van der Waals surface area contributed by atoms with Crippen molar-refractivity contribution in [3.05, 3.63) is 47.7 Å². The van der Waals surface area contributed by atoms with Crippen molar-refractivity contribution in [2.75, 3.05) is 26.3 Å². The largest absolute Gasteiger partial charge is 0.444 e. The Bertz CT molecular complexity index is 763. The Morgan fingerprint density at radius 3 is 2.78 bits per heavy atom. The number of aliphatic imine (C=N–C) groups is 1. The number of fused-ring (bicyclic) bond motifs is 1. The summed E-state index contributed by atoms with van der Waals surface area (Å²) in [5.41, 5.74) is 2.25. The Hall–Kier alpha value is -2.05. The van der Waals surface area contributed by atoms with Gasteiger partial charge in [-0.3, -0.25) is 4.79 Å². The van der Waals surface area contributed by atoms with Gasteiger partial charge in [-0.15, -0.1) is 0 Å². The van der Waals surface area contributed by atoms with E-state index in [9.17, 15) is 4.79 Å². The first-order valence-electron chi connectivity index (χ1n) is 7.60. The minimum absolute atomic E-state index is 0.0724. The SMILES string of the molecule is O=C(c1ccc(SC2=Nc3ccccc3C2)o1)N1CCOCC1. The van der Waals surface area contributed by atoms with Crippen LogP contribution in [-0.4, -0.2) is 42.2 Å². The first-order chi connectivity index (χ1) is 11.3. The van der Waals surface area contributed by atoms with Gasteiger partial charge in [0.15, 0.2) is 10.9 Å². The molecular formula is C17H16N2O3S. The molecule has 1 fully saturated rings. The monoisotopic (exact) mass is 328 g/mol. The fourth-order valence-electron chi connectivity index (χ4n) is 2.69. The number of hydrogen-bond donors (Lipinski definition) is 0. The molecule has 1 aromatic heterocycles. The number of carbonyl (C=O) groups is 1. The fourth-order valence-corrected chi connectivity index (χ4v) is 3.56. The third-order valence-electron chi connectivity index (χ3n) is 3.89. The number of morpholine rings is 1. The van der Waals surface area contributed by atoms with Gasteiger partial charge < -0.3 is 14.1 Å². The molecule has 0 bridgehead atoms. The number of carbonyl (C=O) groups excluding carboxylic acids is 1. The van der Waals surface area contributed by atoms with Crippen molar-refractivity contribution in [3.8, 4) is 0 Å². The molecule has 4 rings (SSSR count). The Kier molecular flexibility index (Phi) is 3.93. The highest BCUT2D eigenvalue weighted by Crippen LogP contribution is 2.33. The molecule has 0 radical (unpaired) electrons. The minimum atomic E-state index is -0.0724. The van der Waals surface area contributed by atoms with E-state index in [1.807, 2.05) is 24.3 Å². The smallest absolute Gasteiger partial charge is 0.289 e. The highest BCUT2D eigenvalue weighted by Gasteiger charge is 2.22. The van der Waals surface area contributed by atoms with Crippen LogP contribution in [0.5, 0.6) is 0 Å². The molecule has 0 atom stereocenters. The summed E-state index contributed by atoms with van der Waals surface area (Å²) in [6, 6.07) is 11.7. The summed E-state index contributed by atoms with van der Waals surface area (Å²) in [4.78, 5) is 18.7. The zero-order valence-electron chi connectivity index (χ0n) is 12.5. The molecule has 0 saturated carbocycles. The van der Waals surface area contributed by atoms with Crippen LogP contribution in [0.1, 0.15) is 16.1 Å². The molecule has 3 heterocycles. The van der Waals surface area contributed by atoms with Crippen LogP contribution in [0.3, 0.4) is 0 Å². The van der Waals surface area contributed by atoms with E-state index >= 15 is 0 Å². The van der Waals surface area contributed by atoms with E-state index in [0.29, 0.717) is 37.2 Å². The predicted octanol–water partition coefficient (Wildman–Crippen LogP) is 3.13. The number of ether oxygens (including phenoxy) is 1. The lowest BCUT2D eigenvalue weighted by Crippen LogP contribution is -2.40. The van der Waals surface area contributed by atoms with Crippen molar-refractivity contribution in [2.24, 2.45) is 4.99 Å². The van der Waals surface area contributed by atoms with E-state index in [2.05, 4.69) is 11.1 Å². The van der Waals surface area contributed by atoms with Crippen LogP contribution in [0.25, 0.3) is 0 Å². The molecule has 0 spiro atoms. The standard InChI is InChI=1S/C17H16N2O3S/c20-17(19-7-9-21-10-8-19)14-5-6-16(22-14)23-15-11-12-3-1-2-4-13(12)18-15/h1-6H,7-11H2.